The number of methoxy groups -OCH3 is 1. The molecule has 0 spiro atoms. The Kier molecular flexibility index (Phi) is 5.55. The van der Waals surface area contributed by atoms with E-state index in [-0.39, 0.29) is 18.5 Å². The van der Waals surface area contributed by atoms with E-state index >= 15 is 0 Å². The van der Waals surface area contributed by atoms with Gasteiger partial charge in [0.1, 0.15) is 6.54 Å². The van der Waals surface area contributed by atoms with Crippen LogP contribution in [0.2, 0.25) is 0 Å². The third kappa shape index (κ3) is 3.98. The van der Waals surface area contributed by atoms with Crippen molar-refractivity contribution in [1.29, 1.82) is 0 Å². The molecule has 5 heteroatoms. The Hall–Kier alpha value is -2.04. The fraction of sp³-hybridized carbons (Fsp3) is 0.467. The molecule has 1 amide bonds. The zero-order valence-electron chi connectivity index (χ0n) is 12.7. The van der Waals surface area contributed by atoms with E-state index in [2.05, 4.69) is 4.74 Å². The topological polar surface area (TPSA) is 49.9 Å². The molecule has 0 N–H and O–H groups in total. The first-order valence-corrected chi connectivity index (χ1v) is 6.52. The molecule has 0 atom stereocenters. The number of carbonyl (C=O) groups is 2. The summed E-state index contributed by atoms with van der Waals surface area (Å²) >= 11 is 0. The minimum absolute atomic E-state index is 0.0425. The number of benzene rings is 1. The van der Waals surface area contributed by atoms with Crippen LogP contribution in [-0.4, -0.2) is 50.6 Å². The fourth-order valence-electron chi connectivity index (χ4n) is 1.78. The molecule has 0 fully saturated rings. The fourth-order valence-corrected chi connectivity index (χ4v) is 1.78. The Morgan fingerprint density at radius 2 is 1.90 bits per heavy atom. The van der Waals surface area contributed by atoms with Gasteiger partial charge >= 0.3 is 5.97 Å². The number of carbonyl (C=O) groups excluding carboxylic acids is 2. The van der Waals surface area contributed by atoms with Gasteiger partial charge in [-0.3, -0.25) is 9.59 Å². The number of anilines is 1. The van der Waals surface area contributed by atoms with Crippen LogP contribution in [0, 0.1) is 0 Å². The third-order valence-electron chi connectivity index (χ3n) is 3.02. The number of hydrogen-bond acceptors (Lipinski definition) is 4. The lowest BCUT2D eigenvalue weighted by molar-refractivity contribution is -0.141. The van der Waals surface area contributed by atoms with Crippen LogP contribution < -0.4 is 4.90 Å². The van der Waals surface area contributed by atoms with Crippen LogP contribution in [0.3, 0.4) is 0 Å². The largest absolute Gasteiger partial charge is 0.468 e. The predicted molar refractivity (Wildman–Crippen MR) is 79.0 cm³/mol. The number of rotatable bonds is 5. The molecule has 1 rings (SSSR count). The number of hydrogen-bond donors (Lipinski definition) is 0. The Morgan fingerprint density at radius 3 is 2.40 bits per heavy atom. The lowest BCUT2D eigenvalue weighted by Crippen LogP contribution is -2.41. The molecule has 1 aromatic carbocycles. The molecule has 0 heterocycles. The second kappa shape index (κ2) is 6.93. The zero-order chi connectivity index (χ0) is 15.3. The van der Waals surface area contributed by atoms with Gasteiger partial charge in [-0.15, -0.1) is 0 Å². The van der Waals surface area contributed by atoms with Gasteiger partial charge < -0.3 is 14.5 Å². The van der Waals surface area contributed by atoms with E-state index in [4.69, 9.17) is 0 Å². The van der Waals surface area contributed by atoms with Crippen LogP contribution in [0.5, 0.6) is 0 Å². The second-order valence-corrected chi connectivity index (χ2v) is 5.05. The SMILES string of the molecule is COC(=O)CN(C(=O)c1cccc(N(C)C)c1)C(C)C. The highest BCUT2D eigenvalue weighted by Gasteiger charge is 2.22. The van der Waals surface area contributed by atoms with Gasteiger partial charge in [0.2, 0.25) is 0 Å². The van der Waals surface area contributed by atoms with Crippen molar-refractivity contribution in [3.63, 3.8) is 0 Å². The molecule has 0 saturated carbocycles. The van der Waals surface area contributed by atoms with Crippen molar-refractivity contribution < 1.29 is 14.3 Å². The summed E-state index contributed by atoms with van der Waals surface area (Å²) in [4.78, 5) is 27.4. The summed E-state index contributed by atoms with van der Waals surface area (Å²) in [5, 5.41) is 0. The van der Waals surface area contributed by atoms with Crippen molar-refractivity contribution in [2.45, 2.75) is 19.9 Å². The normalized spacial score (nSPS) is 10.3. The summed E-state index contributed by atoms with van der Waals surface area (Å²) in [6.07, 6.45) is 0. The van der Waals surface area contributed by atoms with E-state index in [1.165, 1.54) is 12.0 Å². The van der Waals surface area contributed by atoms with Crippen LogP contribution >= 0.6 is 0 Å². The first kappa shape index (κ1) is 16.0. The maximum atomic E-state index is 12.5. The quantitative estimate of drug-likeness (QED) is 0.770. The van der Waals surface area contributed by atoms with Crippen LogP contribution in [0.25, 0.3) is 0 Å². The highest BCUT2D eigenvalue weighted by molar-refractivity contribution is 5.97. The molecular weight excluding hydrogens is 256 g/mol. The summed E-state index contributed by atoms with van der Waals surface area (Å²) < 4.78 is 4.64. The Labute approximate surface area is 120 Å². The van der Waals surface area contributed by atoms with E-state index in [1.54, 1.807) is 6.07 Å². The molecule has 0 radical (unpaired) electrons. The van der Waals surface area contributed by atoms with E-state index < -0.39 is 5.97 Å². The van der Waals surface area contributed by atoms with E-state index in [1.807, 2.05) is 51.0 Å². The lowest BCUT2D eigenvalue weighted by Gasteiger charge is -2.26. The predicted octanol–water partition coefficient (Wildman–Crippen LogP) is 1.78. The van der Waals surface area contributed by atoms with Crippen LogP contribution in [-0.2, 0) is 9.53 Å². The van der Waals surface area contributed by atoms with E-state index in [9.17, 15) is 9.59 Å². The van der Waals surface area contributed by atoms with Crippen LogP contribution in [0.15, 0.2) is 24.3 Å². The summed E-state index contributed by atoms with van der Waals surface area (Å²) in [6.45, 7) is 3.70. The zero-order valence-corrected chi connectivity index (χ0v) is 12.7. The van der Waals surface area contributed by atoms with E-state index in [0.717, 1.165) is 5.69 Å². The average Bonchev–Trinajstić information content (AvgIpc) is 2.43. The molecular formula is C15H22N2O3. The molecule has 0 bridgehead atoms. The standard InChI is InChI=1S/C15H22N2O3/c1-11(2)17(10-14(18)20-5)15(19)12-7-6-8-13(9-12)16(3)4/h6-9,11H,10H2,1-5H3. The smallest absolute Gasteiger partial charge is 0.325 e. The minimum Gasteiger partial charge on any atom is -0.468 e. The maximum Gasteiger partial charge on any atom is 0.325 e. The number of esters is 1. The van der Waals surface area contributed by atoms with Crippen molar-refractivity contribution >= 4 is 17.6 Å². The van der Waals surface area contributed by atoms with E-state index in [0.29, 0.717) is 5.56 Å². The van der Waals surface area contributed by atoms with Crippen molar-refractivity contribution in [3.8, 4) is 0 Å². The van der Waals surface area contributed by atoms with Gasteiger partial charge in [0.05, 0.1) is 7.11 Å². The summed E-state index contributed by atoms with van der Waals surface area (Å²) in [7, 11) is 5.15. The van der Waals surface area contributed by atoms with Crippen LogP contribution in [0.1, 0.15) is 24.2 Å². The number of nitrogens with zero attached hydrogens (tertiary/aromatic N) is 2. The van der Waals surface area contributed by atoms with Gasteiger partial charge in [-0.2, -0.15) is 0 Å². The van der Waals surface area contributed by atoms with Gasteiger partial charge in [0.15, 0.2) is 0 Å². The minimum atomic E-state index is -0.421. The Morgan fingerprint density at radius 1 is 1.25 bits per heavy atom. The molecule has 0 aliphatic rings. The second-order valence-electron chi connectivity index (χ2n) is 5.05. The summed E-state index contributed by atoms with van der Waals surface area (Å²) in [5.74, 6) is -0.593. The maximum absolute atomic E-state index is 12.5. The molecule has 0 aliphatic carbocycles. The third-order valence-corrected chi connectivity index (χ3v) is 3.02. The molecule has 5 nitrogen and oxygen atoms in total. The molecule has 0 unspecified atom stereocenters. The molecule has 20 heavy (non-hydrogen) atoms. The van der Waals surface area contributed by atoms with Gasteiger partial charge in [0, 0.05) is 31.4 Å². The van der Waals surface area contributed by atoms with Crippen molar-refractivity contribution in [1.82, 2.24) is 4.90 Å². The first-order chi connectivity index (χ1) is 9.36. The van der Waals surface area contributed by atoms with Crippen molar-refractivity contribution in [3.05, 3.63) is 29.8 Å². The lowest BCUT2D eigenvalue weighted by atomic mass is 10.1. The molecule has 0 aromatic heterocycles. The molecule has 0 saturated heterocycles. The van der Waals surface area contributed by atoms with Gasteiger partial charge in [-0.25, -0.2) is 0 Å². The van der Waals surface area contributed by atoms with Gasteiger partial charge in [-0.05, 0) is 32.0 Å². The van der Waals surface area contributed by atoms with Gasteiger partial charge in [0.25, 0.3) is 5.91 Å². The average molecular weight is 278 g/mol. The number of amides is 1. The Bertz CT molecular complexity index is 484. The number of ether oxygens (including phenoxy) is 1. The summed E-state index contributed by atoms with van der Waals surface area (Å²) in [5.41, 5.74) is 1.51. The highest BCUT2D eigenvalue weighted by atomic mass is 16.5. The Balaban J connectivity index is 3.00. The van der Waals surface area contributed by atoms with Crippen molar-refractivity contribution in [2.24, 2.45) is 0 Å². The first-order valence-electron chi connectivity index (χ1n) is 6.52. The van der Waals surface area contributed by atoms with Gasteiger partial charge in [-0.1, -0.05) is 6.07 Å². The summed E-state index contributed by atoms with van der Waals surface area (Å²) in [6, 6.07) is 7.25. The monoisotopic (exact) mass is 278 g/mol. The highest BCUT2D eigenvalue weighted by Crippen LogP contribution is 2.16. The molecule has 1 aromatic rings. The molecule has 0 aliphatic heterocycles. The molecule has 110 valence electrons. The van der Waals surface area contributed by atoms with Crippen molar-refractivity contribution in [2.75, 3.05) is 32.6 Å². The van der Waals surface area contributed by atoms with Crippen LogP contribution in [0.4, 0.5) is 5.69 Å².